The summed E-state index contributed by atoms with van der Waals surface area (Å²) >= 11 is 0. The second-order valence-corrected chi connectivity index (χ2v) is 6.52. The number of hydrogen-bond acceptors (Lipinski definition) is 4. The normalized spacial score (nSPS) is 15.2. The lowest BCUT2D eigenvalue weighted by Gasteiger charge is -2.35. The summed E-state index contributed by atoms with van der Waals surface area (Å²) in [5, 5.41) is 0. The maximum atomic E-state index is 13.1. The van der Waals surface area contributed by atoms with E-state index in [1.54, 1.807) is 18.5 Å². The Balaban J connectivity index is 1.41. The quantitative estimate of drug-likeness (QED) is 0.721. The van der Waals surface area contributed by atoms with Crippen LogP contribution in [0.15, 0.2) is 67.0 Å². The fourth-order valence-corrected chi connectivity index (χ4v) is 3.28. The Morgan fingerprint density at radius 1 is 0.846 bits per heavy atom. The molecule has 5 heteroatoms. The van der Waals surface area contributed by atoms with Crippen molar-refractivity contribution in [3.63, 3.8) is 0 Å². The van der Waals surface area contributed by atoms with Gasteiger partial charge in [0.2, 0.25) is 0 Å². The molecular formula is C21H21FN4. The zero-order valence-corrected chi connectivity index (χ0v) is 14.6. The van der Waals surface area contributed by atoms with E-state index in [2.05, 4.69) is 50.1 Å². The molecule has 1 aliphatic rings. The summed E-state index contributed by atoms with van der Waals surface area (Å²) in [5.41, 5.74) is 3.07. The highest BCUT2D eigenvalue weighted by Crippen LogP contribution is 2.22. The summed E-state index contributed by atoms with van der Waals surface area (Å²) in [6.45, 7) is 4.87. The standard InChI is InChI=1S/C21H21FN4/c22-19-8-6-18(7-9-19)20-14-21(24-16-23-20)26-12-10-25(11-13-26)15-17-4-2-1-3-5-17/h1-9,14,16H,10-13,15H2. The second-order valence-electron chi connectivity index (χ2n) is 6.52. The molecule has 0 aliphatic carbocycles. The third-order valence-electron chi connectivity index (χ3n) is 4.74. The van der Waals surface area contributed by atoms with E-state index in [1.807, 2.05) is 6.07 Å². The molecule has 0 amide bonds. The molecular weight excluding hydrogens is 327 g/mol. The van der Waals surface area contributed by atoms with Crippen molar-refractivity contribution in [2.75, 3.05) is 31.1 Å². The molecule has 1 fully saturated rings. The van der Waals surface area contributed by atoms with Gasteiger partial charge in [-0.3, -0.25) is 4.90 Å². The van der Waals surface area contributed by atoms with Gasteiger partial charge < -0.3 is 4.90 Å². The van der Waals surface area contributed by atoms with Gasteiger partial charge in [0.1, 0.15) is 18.0 Å². The fourth-order valence-electron chi connectivity index (χ4n) is 3.28. The maximum Gasteiger partial charge on any atom is 0.132 e. The molecule has 2 aromatic carbocycles. The highest BCUT2D eigenvalue weighted by atomic mass is 19.1. The summed E-state index contributed by atoms with van der Waals surface area (Å²) < 4.78 is 13.1. The van der Waals surface area contributed by atoms with Crippen LogP contribution in [-0.2, 0) is 6.54 Å². The Labute approximate surface area is 152 Å². The minimum atomic E-state index is -0.238. The van der Waals surface area contributed by atoms with E-state index in [0.717, 1.165) is 49.8 Å². The van der Waals surface area contributed by atoms with Crippen molar-refractivity contribution < 1.29 is 4.39 Å². The van der Waals surface area contributed by atoms with Gasteiger partial charge in [-0.2, -0.15) is 0 Å². The first-order valence-electron chi connectivity index (χ1n) is 8.87. The number of hydrogen-bond donors (Lipinski definition) is 0. The molecule has 2 heterocycles. The van der Waals surface area contributed by atoms with Crippen LogP contribution in [0.2, 0.25) is 0 Å². The topological polar surface area (TPSA) is 32.3 Å². The summed E-state index contributed by atoms with van der Waals surface area (Å²) in [4.78, 5) is 13.5. The van der Waals surface area contributed by atoms with Gasteiger partial charge in [0, 0.05) is 44.4 Å². The first kappa shape index (κ1) is 16.7. The highest BCUT2D eigenvalue weighted by molar-refractivity contribution is 5.62. The smallest absolute Gasteiger partial charge is 0.132 e. The Hall–Kier alpha value is -2.79. The number of rotatable bonds is 4. The number of halogens is 1. The van der Waals surface area contributed by atoms with Gasteiger partial charge in [0.15, 0.2) is 0 Å². The van der Waals surface area contributed by atoms with Gasteiger partial charge in [-0.25, -0.2) is 14.4 Å². The molecule has 0 N–H and O–H groups in total. The third-order valence-corrected chi connectivity index (χ3v) is 4.74. The summed E-state index contributed by atoms with van der Waals surface area (Å²) in [5.74, 6) is 0.691. The van der Waals surface area contributed by atoms with Crippen LogP contribution < -0.4 is 4.90 Å². The molecule has 0 unspecified atom stereocenters. The van der Waals surface area contributed by atoms with Crippen LogP contribution in [0.3, 0.4) is 0 Å². The van der Waals surface area contributed by atoms with Crippen molar-refractivity contribution in [3.05, 3.63) is 78.4 Å². The predicted molar refractivity (Wildman–Crippen MR) is 101 cm³/mol. The molecule has 4 nitrogen and oxygen atoms in total. The lowest BCUT2D eigenvalue weighted by Crippen LogP contribution is -2.46. The molecule has 0 spiro atoms. The molecule has 0 radical (unpaired) electrons. The molecule has 0 saturated carbocycles. The number of aromatic nitrogens is 2. The Kier molecular flexibility index (Phi) is 4.88. The van der Waals surface area contributed by atoms with Crippen molar-refractivity contribution in [1.82, 2.24) is 14.9 Å². The SMILES string of the molecule is Fc1ccc(-c2cc(N3CCN(Cc4ccccc4)CC3)ncn2)cc1. The van der Waals surface area contributed by atoms with Crippen LogP contribution >= 0.6 is 0 Å². The molecule has 132 valence electrons. The largest absolute Gasteiger partial charge is 0.354 e. The first-order chi connectivity index (χ1) is 12.8. The molecule has 1 saturated heterocycles. The van der Waals surface area contributed by atoms with Gasteiger partial charge in [0.05, 0.1) is 5.69 Å². The van der Waals surface area contributed by atoms with Gasteiger partial charge in [-0.1, -0.05) is 30.3 Å². The van der Waals surface area contributed by atoms with Gasteiger partial charge >= 0.3 is 0 Å². The minimum Gasteiger partial charge on any atom is -0.354 e. The van der Waals surface area contributed by atoms with Crippen LogP contribution in [-0.4, -0.2) is 41.0 Å². The van der Waals surface area contributed by atoms with Crippen LogP contribution in [0.5, 0.6) is 0 Å². The lowest BCUT2D eigenvalue weighted by atomic mass is 10.1. The molecule has 0 atom stereocenters. The Morgan fingerprint density at radius 2 is 1.58 bits per heavy atom. The van der Waals surface area contributed by atoms with Crippen molar-refractivity contribution in [1.29, 1.82) is 0 Å². The first-order valence-corrected chi connectivity index (χ1v) is 8.87. The molecule has 0 bridgehead atoms. The Bertz CT molecular complexity index is 843. The second kappa shape index (κ2) is 7.62. The fraction of sp³-hybridized carbons (Fsp3) is 0.238. The number of benzene rings is 2. The minimum absolute atomic E-state index is 0.238. The predicted octanol–water partition coefficient (Wildman–Crippen LogP) is 3.60. The van der Waals surface area contributed by atoms with E-state index in [-0.39, 0.29) is 5.82 Å². The van der Waals surface area contributed by atoms with Crippen molar-refractivity contribution in [2.45, 2.75) is 6.54 Å². The number of piperazine rings is 1. The number of anilines is 1. The molecule has 1 aromatic heterocycles. The third kappa shape index (κ3) is 3.89. The van der Waals surface area contributed by atoms with Crippen LogP contribution in [0.4, 0.5) is 10.2 Å². The van der Waals surface area contributed by atoms with Gasteiger partial charge in [-0.15, -0.1) is 0 Å². The van der Waals surface area contributed by atoms with E-state index < -0.39 is 0 Å². The summed E-state index contributed by atoms with van der Waals surface area (Å²) in [6, 6.07) is 19.0. The van der Waals surface area contributed by atoms with Gasteiger partial charge in [-0.05, 0) is 29.8 Å². The highest BCUT2D eigenvalue weighted by Gasteiger charge is 2.18. The molecule has 26 heavy (non-hydrogen) atoms. The summed E-state index contributed by atoms with van der Waals surface area (Å²) in [6.07, 6.45) is 1.59. The zero-order valence-electron chi connectivity index (χ0n) is 14.6. The lowest BCUT2D eigenvalue weighted by molar-refractivity contribution is 0.249. The average molecular weight is 348 g/mol. The van der Waals surface area contributed by atoms with E-state index in [4.69, 9.17) is 0 Å². The van der Waals surface area contributed by atoms with Crippen LogP contribution in [0.1, 0.15) is 5.56 Å². The van der Waals surface area contributed by atoms with E-state index in [9.17, 15) is 4.39 Å². The van der Waals surface area contributed by atoms with E-state index in [1.165, 1.54) is 17.7 Å². The van der Waals surface area contributed by atoms with Gasteiger partial charge in [0.25, 0.3) is 0 Å². The Morgan fingerprint density at radius 3 is 2.31 bits per heavy atom. The molecule has 3 aromatic rings. The monoisotopic (exact) mass is 348 g/mol. The zero-order chi connectivity index (χ0) is 17.8. The van der Waals surface area contributed by atoms with Crippen molar-refractivity contribution in [3.8, 4) is 11.3 Å². The summed E-state index contributed by atoms with van der Waals surface area (Å²) in [7, 11) is 0. The van der Waals surface area contributed by atoms with E-state index in [0.29, 0.717) is 0 Å². The molecule has 1 aliphatic heterocycles. The van der Waals surface area contributed by atoms with E-state index >= 15 is 0 Å². The van der Waals surface area contributed by atoms with Crippen molar-refractivity contribution in [2.24, 2.45) is 0 Å². The molecule has 4 rings (SSSR count). The van der Waals surface area contributed by atoms with Crippen LogP contribution in [0.25, 0.3) is 11.3 Å². The maximum absolute atomic E-state index is 13.1. The average Bonchev–Trinajstić information content (AvgIpc) is 2.70. The van der Waals surface area contributed by atoms with Crippen molar-refractivity contribution >= 4 is 5.82 Å². The van der Waals surface area contributed by atoms with Crippen LogP contribution in [0, 0.1) is 5.82 Å². The number of nitrogens with zero attached hydrogens (tertiary/aromatic N) is 4.